The van der Waals surface area contributed by atoms with Gasteiger partial charge >= 0.3 is 0 Å². The lowest BCUT2D eigenvalue weighted by Crippen LogP contribution is -2.49. The van der Waals surface area contributed by atoms with Gasteiger partial charge in [0, 0.05) is 18.3 Å². The fraction of sp³-hybridized carbons (Fsp3) is 0.417. The Hall–Kier alpha value is -3.82. The summed E-state index contributed by atoms with van der Waals surface area (Å²) in [4.78, 5) is 54.1. The minimum absolute atomic E-state index is 0.151. The molecule has 10 heteroatoms. The van der Waals surface area contributed by atoms with Crippen LogP contribution in [0.3, 0.4) is 0 Å². The van der Waals surface area contributed by atoms with E-state index in [9.17, 15) is 14.4 Å². The van der Waals surface area contributed by atoms with Gasteiger partial charge in [0.2, 0.25) is 11.8 Å². The van der Waals surface area contributed by atoms with Crippen LogP contribution in [0.4, 0.5) is 0 Å². The van der Waals surface area contributed by atoms with Crippen LogP contribution in [0.2, 0.25) is 0 Å². The number of aromatic amines is 1. The lowest BCUT2D eigenvalue weighted by atomic mass is 10.0. The second kappa shape index (κ2) is 10.4. The van der Waals surface area contributed by atoms with E-state index in [1.54, 1.807) is 30.7 Å². The maximum absolute atomic E-state index is 13.0. The van der Waals surface area contributed by atoms with E-state index in [2.05, 4.69) is 35.9 Å². The fourth-order valence-corrected chi connectivity index (χ4v) is 3.64. The Morgan fingerprint density at radius 1 is 1.15 bits per heavy atom. The number of carbonyl (C=O) groups is 3. The van der Waals surface area contributed by atoms with Gasteiger partial charge in [-0.05, 0) is 37.3 Å². The van der Waals surface area contributed by atoms with E-state index in [0.717, 1.165) is 24.2 Å². The molecule has 4 rings (SSSR count). The minimum atomic E-state index is -0.791. The summed E-state index contributed by atoms with van der Waals surface area (Å²) in [7, 11) is 0. The van der Waals surface area contributed by atoms with Crippen molar-refractivity contribution in [2.24, 2.45) is 5.92 Å². The van der Waals surface area contributed by atoms with Gasteiger partial charge in [-0.15, -0.1) is 0 Å². The first-order valence-electron chi connectivity index (χ1n) is 11.5. The molecule has 0 unspecified atom stereocenters. The van der Waals surface area contributed by atoms with E-state index in [-0.39, 0.29) is 24.9 Å². The van der Waals surface area contributed by atoms with Crippen molar-refractivity contribution in [1.29, 1.82) is 0 Å². The summed E-state index contributed by atoms with van der Waals surface area (Å²) < 4.78 is 0. The monoisotopic (exact) mass is 463 g/mol. The Morgan fingerprint density at radius 3 is 2.68 bits per heavy atom. The largest absolute Gasteiger partial charge is 0.349 e. The van der Waals surface area contributed by atoms with Gasteiger partial charge in [0.05, 0.1) is 36.2 Å². The molecule has 1 atom stereocenters. The van der Waals surface area contributed by atoms with Crippen molar-refractivity contribution in [2.75, 3.05) is 6.54 Å². The van der Waals surface area contributed by atoms with Crippen molar-refractivity contribution in [3.63, 3.8) is 0 Å². The highest BCUT2D eigenvalue weighted by Crippen LogP contribution is 2.39. The molecule has 3 amide bonds. The first kappa shape index (κ1) is 23.3. The number of hydrogen-bond donors (Lipinski definition) is 4. The van der Waals surface area contributed by atoms with Crippen LogP contribution in [0.15, 0.2) is 36.8 Å². The molecular weight excluding hydrogens is 434 g/mol. The Balaban J connectivity index is 1.37. The molecule has 3 aromatic heterocycles. The first-order valence-corrected chi connectivity index (χ1v) is 11.5. The van der Waals surface area contributed by atoms with Crippen molar-refractivity contribution in [1.82, 2.24) is 35.9 Å². The Labute approximate surface area is 197 Å². The molecule has 1 aliphatic rings. The Bertz CT molecular complexity index is 1170. The molecule has 3 aromatic rings. The van der Waals surface area contributed by atoms with Crippen LogP contribution in [0.25, 0.3) is 11.2 Å². The molecule has 0 aliphatic heterocycles. The van der Waals surface area contributed by atoms with Crippen LogP contribution in [0.1, 0.15) is 60.8 Å². The molecule has 0 bridgehead atoms. The highest BCUT2D eigenvalue weighted by molar-refractivity contribution is 6.06. The van der Waals surface area contributed by atoms with Crippen molar-refractivity contribution >= 4 is 28.9 Å². The fourth-order valence-electron chi connectivity index (χ4n) is 3.64. The standard InChI is InChI=1S/C24H29N7O3/c1-14(2)9-18(24(34)29-13-20(32)26-10-16-5-3-4-8-25-16)31-23(33)17-11-27-22-21(17)30-19(12-28-22)15-6-7-15/h3-5,8,11-12,14-15,18H,6-7,9-10,13H2,1-2H3,(H,26,32)(H,27,28)(H,29,34)(H,31,33)/t18-/m1/s1. The Morgan fingerprint density at radius 2 is 1.97 bits per heavy atom. The number of amides is 3. The number of carbonyl (C=O) groups excluding carboxylic acids is 3. The van der Waals surface area contributed by atoms with Gasteiger partial charge in [0.25, 0.3) is 5.91 Å². The van der Waals surface area contributed by atoms with E-state index in [1.807, 2.05) is 19.9 Å². The van der Waals surface area contributed by atoms with E-state index >= 15 is 0 Å². The van der Waals surface area contributed by atoms with Crippen molar-refractivity contribution < 1.29 is 14.4 Å². The van der Waals surface area contributed by atoms with Crippen molar-refractivity contribution in [2.45, 2.75) is 51.6 Å². The number of rotatable bonds is 10. The number of nitrogens with zero attached hydrogens (tertiary/aromatic N) is 3. The van der Waals surface area contributed by atoms with Gasteiger partial charge in [0.1, 0.15) is 11.6 Å². The molecule has 0 aromatic carbocycles. The summed E-state index contributed by atoms with van der Waals surface area (Å²) in [5.74, 6) is -0.606. The molecule has 178 valence electrons. The molecule has 1 saturated carbocycles. The average molecular weight is 464 g/mol. The van der Waals surface area contributed by atoms with Crippen LogP contribution < -0.4 is 16.0 Å². The third-order valence-electron chi connectivity index (χ3n) is 5.58. The normalized spacial score (nSPS) is 14.1. The summed E-state index contributed by atoms with van der Waals surface area (Å²) >= 11 is 0. The van der Waals surface area contributed by atoms with Gasteiger partial charge in [-0.2, -0.15) is 0 Å². The van der Waals surface area contributed by atoms with Crippen LogP contribution in [-0.2, 0) is 16.1 Å². The number of pyridine rings is 1. The highest BCUT2D eigenvalue weighted by atomic mass is 16.2. The van der Waals surface area contributed by atoms with Crippen molar-refractivity contribution in [3.05, 3.63) is 53.7 Å². The molecule has 34 heavy (non-hydrogen) atoms. The zero-order valence-electron chi connectivity index (χ0n) is 19.3. The molecule has 0 saturated heterocycles. The number of nitrogens with one attached hydrogen (secondary N) is 4. The molecule has 10 nitrogen and oxygen atoms in total. The quantitative estimate of drug-likeness (QED) is 0.361. The van der Waals surface area contributed by atoms with E-state index in [0.29, 0.717) is 29.1 Å². The first-order chi connectivity index (χ1) is 16.4. The zero-order valence-corrected chi connectivity index (χ0v) is 19.3. The SMILES string of the molecule is CC(C)C[C@@H](NC(=O)c1c[nH]c2ncc(C3CC3)nc12)C(=O)NCC(=O)NCc1ccccn1. The number of fused-ring (bicyclic) bond motifs is 1. The predicted octanol–water partition coefficient (Wildman–Crippen LogP) is 1.81. The van der Waals surface area contributed by atoms with Gasteiger partial charge in [0.15, 0.2) is 5.65 Å². The predicted molar refractivity (Wildman–Crippen MR) is 126 cm³/mol. The van der Waals surface area contributed by atoms with Crippen LogP contribution in [0, 0.1) is 5.92 Å². The summed E-state index contributed by atoms with van der Waals surface area (Å²) in [6.07, 6.45) is 7.54. The average Bonchev–Trinajstić information content (AvgIpc) is 3.59. The van der Waals surface area contributed by atoms with Crippen molar-refractivity contribution in [3.8, 4) is 0 Å². The second-order valence-corrected chi connectivity index (χ2v) is 8.94. The van der Waals surface area contributed by atoms with Crippen LogP contribution in [-0.4, -0.2) is 50.2 Å². The highest BCUT2D eigenvalue weighted by Gasteiger charge is 2.28. The summed E-state index contributed by atoms with van der Waals surface area (Å²) in [6.45, 7) is 4.00. The van der Waals surface area contributed by atoms with E-state index in [1.165, 1.54) is 0 Å². The van der Waals surface area contributed by atoms with Crippen LogP contribution >= 0.6 is 0 Å². The molecule has 4 N–H and O–H groups in total. The second-order valence-electron chi connectivity index (χ2n) is 8.94. The lowest BCUT2D eigenvalue weighted by Gasteiger charge is -2.20. The van der Waals surface area contributed by atoms with Gasteiger partial charge in [-0.1, -0.05) is 19.9 Å². The lowest BCUT2D eigenvalue weighted by molar-refractivity contribution is -0.127. The maximum atomic E-state index is 13.0. The van der Waals surface area contributed by atoms with E-state index in [4.69, 9.17) is 0 Å². The molecule has 1 aliphatic carbocycles. The number of hydrogen-bond acceptors (Lipinski definition) is 6. The summed E-state index contributed by atoms with van der Waals surface area (Å²) in [6, 6.07) is 4.64. The molecule has 0 radical (unpaired) electrons. The van der Waals surface area contributed by atoms with Gasteiger partial charge in [-0.3, -0.25) is 19.4 Å². The van der Waals surface area contributed by atoms with Gasteiger partial charge in [-0.25, -0.2) is 9.97 Å². The minimum Gasteiger partial charge on any atom is -0.349 e. The summed E-state index contributed by atoms with van der Waals surface area (Å²) in [5.41, 5.74) is 2.98. The van der Waals surface area contributed by atoms with E-state index < -0.39 is 17.9 Å². The third kappa shape index (κ3) is 5.94. The molecule has 0 spiro atoms. The summed E-state index contributed by atoms with van der Waals surface area (Å²) in [5, 5.41) is 8.14. The smallest absolute Gasteiger partial charge is 0.255 e. The van der Waals surface area contributed by atoms with Gasteiger partial charge < -0.3 is 20.9 Å². The number of aromatic nitrogens is 4. The molecular formula is C24H29N7O3. The molecule has 1 fully saturated rings. The van der Waals surface area contributed by atoms with Crippen LogP contribution in [0.5, 0.6) is 0 Å². The number of H-pyrrole nitrogens is 1. The zero-order chi connectivity index (χ0) is 24.1. The third-order valence-corrected chi connectivity index (χ3v) is 5.58. The molecule has 3 heterocycles. The topological polar surface area (TPSA) is 142 Å². The Kier molecular flexibility index (Phi) is 7.15. The maximum Gasteiger partial charge on any atom is 0.255 e.